The van der Waals surface area contributed by atoms with Crippen LogP contribution in [0.15, 0.2) is 69.9 Å². The molecular weight excluding hydrogens is 480 g/mol. The van der Waals surface area contributed by atoms with Crippen molar-refractivity contribution in [3.63, 3.8) is 0 Å². The second-order valence-corrected chi connectivity index (χ2v) is 8.23. The summed E-state index contributed by atoms with van der Waals surface area (Å²) in [7, 11) is 0. The van der Waals surface area contributed by atoms with Gasteiger partial charge in [0, 0.05) is 6.54 Å². The topological polar surface area (TPSA) is 37.9 Å². The zero-order valence-corrected chi connectivity index (χ0v) is 18.7. The lowest BCUT2D eigenvalue weighted by molar-refractivity contribution is 0.304. The lowest BCUT2D eigenvalue weighted by Gasteiger charge is -2.09. The predicted molar refractivity (Wildman–Crippen MR) is 120 cm³/mol. The third-order valence-electron chi connectivity index (χ3n) is 4.62. The molecule has 0 amide bonds. The van der Waals surface area contributed by atoms with Crippen LogP contribution in [0.5, 0.6) is 5.75 Å². The van der Waals surface area contributed by atoms with Gasteiger partial charge in [0.1, 0.15) is 5.75 Å². The smallest absolute Gasteiger partial charge is 0.119 e. The lowest BCUT2D eigenvalue weighted by atomic mass is 10.0. The van der Waals surface area contributed by atoms with Crippen LogP contribution >= 0.6 is 31.9 Å². The highest BCUT2D eigenvalue weighted by atomic mass is 79.9. The molecule has 5 heteroatoms. The monoisotopic (exact) mass is 500 g/mol. The Hall–Kier alpha value is -2.03. The molecule has 0 spiro atoms. The first-order valence-electron chi connectivity index (χ1n) is 9.41. The first kappa shape index (κ1) is 20.7. The van der Waals surface area contributed by atoms with Gasteiger partial charge in [0.2, 0.25) is 0 Å². The molecule has 1 heterocycles. The predicted octanol–water partition coefficient (Wildman–Crippen LogP) is 7.19. The molecule has 3 nitrogen and oxygen atoms in total. The Morgan fingerprint density at radius 2 is 1.32 bits per heavy atom. The van der Waals surface area contributed by atoms with Crippen molar-refractivity contribution in [3.8, 4) is 22.9 Å². The highest BCUT2D eigenvalue weighted by molar-refractivity contribution is 9.11. The van der Waals surface area contributed by atoms with Crippen LogP contribution in [0.3, 0.4) is 0 Å². The van der Waals surface area contributed by atoms with Gasteiger partial charge in [-0.2, -0.15) is 5.26 Å². The average molecular weight is 502 g/mol. The van der Waals surface area contributed by atoms with Crippen molar-refractivity contribution in [1.29, 1.82) is 5.26 Å². The fourth-order valence-electron chi connectivity index (χ4n) is 3.03. The Bertz CT molecular complexity index is 905. The molecule has 2 aromatic carbocycles. The molecule has 0 N–H and O–H groups in total. The van der Waals surface area contributed by atoms with Gasteiger partial charge in [-0.05, 0) is 92.2 Å². The second-order valence-electron chi connectivity index (χ2n) is 6.61. The number of hydrogen-bond donors (Lipinski definition) is 0. The first-order valence-corrected chi connectivity index (χ1v) is 11.0. The van der Waals surface area contributed by atoms with Gasteiger partial charge in [-0.3, -0.25) is 0 Å². The van der Waals surface area contributed by atoms with Crippen molar-refractivity contribution in [1.82, 2.24) is 4.57 Å². The number of rotatable bonds is 9. The van der Waals surface area contributed by atoms with Gasteiger partial charge in [0.15, 0.2) is 0 Å². The number of halogens is 2. The summed E-state index contributed by atoms with van der Waals surface area (Å²) >= 11 is 7.13. The number of nitriles is 1. The summed E-state index contributed by atoms with van der Waals surface area (Å²) in [6.45, 7) is 1.76. The number of aromatic nitrogens is 1. The first-order chi connectivity index (χ1) is 13.7. The number of unbranched alkanes of at least 4 members (excludes halogenated alkanes) is 3. The normalized spacial score (nSPS) is 10.6. The van der Waals surface area contributed by atoms with Crippen LogP contribution in [-0.2, 0) is 6.54 Å². The zero-order valence-electron chi connectivity index (χ0n) is 15.6. The van der Waals surface area contributed by atoms with Gasteiger partial charge in [-0.25, -0.2) is 0 Å². The summed E-state index contributed by atoms with van der Waals surface area (Å²) in [6, 6.07) is 22.0. The van der Waals surface area contributed by atoms with E-state index >= 15 is 0 Å². The summed E-state index contributed by atoms with van der Waals surface area (Å²) in [5.74, 6) is 0.901. The lowest BCUT2D eigenvalue weighted by Crippen LogP contribution is -2.00. The fraction of sp³-hybridized carbons (Fsp3) is 0.261. The maximum Gasteiger partial charge on any atom is 0.119 e. The Labute approximate surface area is 183 Å². The van der Waals surface area contributed by atoms with Crippen LogP contribution < -0.4 is 4.74 Å². The SMILES string of the molecule is N#Cc1ccc(-c2ccc(OCCCCCCn3c(Br)ccc3Br)cc2)cc1. The largest absolute Gasteiger partial charge is 0.494 e. The Morgan fingerprint density at radius 3 is 1.93 bits per heavy atom. The van der Waals surface area contributed by atoms with E-state index in [4.69, 9.17) is 10.00 Å². The van der Waals surface area contributed by atoms with Crippen LogP contribution in [0.2, 0.25) is 0 Å². The molecular formula is C23H22Br2N2O. The Kier molecular flexibility index (Phi) is 7.76. The van der Waals surface area contributed by atoms with E-state index in [1.807, 2.05) is 36.4 Å². The van der Waals surface area contributed by atoms with Gasteiger partial charge in [-0.15, -0.1) is 0 Å². The molecule has 0 bridgehead atoms. The Balaban J connectivity index is 1.35. The zero-order chi connectivity index (χ0) is 19.8. The third-order valence-corrected chi connectivity index (χ3v) is 6.01. The van der Waals surface area contributed by atoms with E-state index in [9.17, 15) is 0 Å². The fourth-order valence-corrected chi connectivity index (χ4v) is 4.27. The molecule has 3 aromatic rings. The molecule has 1 aromatic heterocycles. The van der Waals surface area contributed by atoms with Crippen LogP contribution in [0, 0.1) is 11.3 Å². The van der Waals surface area contributed by atoms with Crippen molar-refractivity contribution in [3.05, 3.63) is 75.4 Å². The molecule has 0 fully saturated rings. The standard InChI is InChI=1S/C23H22Br2N2O/c24-22-13-14-23(25)27(22)15-3-1-2-4-16-28-21-11-9-20(10-12-21)19-7-5-18(17-26)6-8-19/h5-14H,1-4,15-16H2. The van der Waals surface area contributed by atoms with Crippen LogP contribution in [0.25, 0.3) is 11.1 Å². The van der Waals surface area contributed by atoms with Gasteiger partial charge in [0.05, 0.1) is 27.4 Å². The van der Waals surface area contributed by atoms with Crippen LogP contribution in [0.1, 0.15) is 31.2 Å². The summed E-state index contributed by atoms with van der Waals surface area (Å²) in [6.07, 6.45) is 4.58. The molecule has 0 aliphatic rings. The van der Waals surface area contributed by atoms with Crippen molar-refractivity contribution < 1.29 is 4.74 Å². The number of ether oxygens (including phenoxy) is 1. The van der Waals surface area contributed by atoms with E-state index in [1.165, 1.54) is 12.8 Å². The van der Waals surface area contributed by atoms with E-state index in [0.717, 1.165) is 52.1 Å². The average Bonchev–Trinajstić information content (AvgIpc) is 3.05. The van der Waals surface area contributed by atoms with Crippen molar-refractivity contribution in [2.45, 2.75) is 32.2 Å². The molecule has 0 atom stereocenters. The van der Waals surface area contributed by atoms with E-state index in [0.29, 0.717) is 5.56 Å². The van der Waals surface area contributed by atoms with Gasteiger partial charge >= 0.3 is 0 Å². The van der Waals surface area contributed by atoms with Gasteiger partial charge < -0.3 is 9.30 Å². The molecule has 144 valence electrons. The molecule has 0 radical (unpaired) electrons. The maximum atomic E-state index is 8.88. The molecule has 0 aliphatic heterocycles. The molecule has 28 heavy (non-hydrogen) atoms. The summed E-state index contributed by atoms with van der Waals surface area (Å²) < 4.78 is 10.3. The summed E-state index contributed by atoms with van der Waals surface area (Å²) in [5.41, 5.74) is 2.91. The highest BCUT2D eigenvalue weighted by Gasteiger charge is 2.03. The number of nitrogens with zero attached hydrogens (tertiary/aromatic N) is 2. The summed E-state index contributed by atoms with van der Waals surface area (Å²) in [4.78, 5) is 0. The van der Waals surface area contributed by atoms with Crippen molar-refractivity contribution in [2.75, 3.05) is 6.61 Å². The quantitative estimate of drug-likeness (QED) is 0.291. The van der Waals surface area contributed by atoms with E-state index < -0.39 is 0 Å². The van der Waals surface area contributed by atoms with Crippen molar-refractivity contribution in [2.24, 2.45) is 0 Å². The second kappa shape index (κ2) is 10.5. The third kappa shape index (κ3) is 5.73. The minimum absolute atomic E-state index is 0.678. The van der Waals surface area contributed by atoms with Gasteiger partial charge in [0.25, 0.3) is 0 Å². The van der Waals surface area contributed by atoms with Crippen LogP contribution in [-0.4, -0.2) is 11.2 Å². The van der Waals surface area contributed by atoms with Crippen LogP contribution in [0.4, 0.5) is 0 Å². The van der Waals surface area contributed by atoms with E-state index in [-0.39, 0.29) is 0 Å². The number of hydrogen-bond acceptors (Lipinski definition) is 2. The minimum atomic E-state index is 0.678. The highest BCUT2D eigenvalue weighted by Crippen LogP contribution is 2.23. The molecule has 0 aliphatic carbocycles. The molecule has 3 rings (SSSR count). The minimum Gasteiger partial charge on any atom is -0.494 e. The van der Waals surface area contributed by atoms with E-state index in [2.05, 4.69) is 66.8 Å². The number of benzene rings is 2. The van der Waals surface area contributed by atoms with Gasteiger partial charge in [-0.1, -0.05) is 37.1 Å². The maximum absolute atomic E-state index is 8.88. The Morgan fingerprint density at radius 1 is 0.750 bits per heavy atom. The van der Waals surface area contributed by atoms with E-state index in [1.54, 1.807) is 0 Å². The summed E-state index contributed by atoms with van der Waals surface area (Å²) in [5, 5.41) is 8.88. The van der Waals surface area contributed by atoms with Crippen molar-refractivity contribution >= 4 is 31.9 Å². The molecule has 0 saturated heterocycles. The molecule has 0 unspecified atom stereocenters. The molecule has 0 saturated carbocycles.